The molecule has 1 heterocycles. The fraction of sp³-hybridized carbons (Fsp3) is 0.538. The molecule has 100 valence electrons. The largest absolute Gasteiger partial charge is 0.418 e. The van der Waals surface area contributed by atoms with E-state index >= 15 is 0 Å². The highest BCUT2D eigenvalue weighted by molar-refractivity contribution is 5.14. The average Bonchev–Trinajstić information content (AvgIpc) is 2.29. The van der Waals surface area contributed by atoms with E-state index < -0.39 is 11.8 Å². The molecule has 1 aromatic carbocycles. The minimum atomic E-state index is -4.55. The summed E-state index contributed by atoms with van der Waals surface area (Å²) in [5.74, 6) is 0. The maximum atomic E-state index is 12.8. The SMILES string of the molecule is O[C@]1(C(F)(F)F)CCCN(Cc2ccccc2)C1. The number of rotatable bonds is 2. The smallest absolute Gasteiger partial charge is 0.379 e. The molecule has 1 aromatic rings. The van der Waals surface area contributed by atoms with Gasteiger partial charge in [0.1, 0.15) is 0 Å². The van der Waals surface area contributed by atoms with Gasteiger partial charge in [0.25, 0.3) is 0 Å². The third-order valence-electron chi connectivity index (χ3n) is 3.33. The van der Waals surface area contributed by atoms with Crippen LogP contribution >= 0.6 is 0 Å². The molecule has 2 nitrogen and oxygen atoms in total. The highest BCUT2D eigenvalue weighted by Gasteiger charge is 2.55. The van der Waals surface area contributed by atoms with Crippen molar-refractivity contribution in [3.8, 4) is 0 Å². The summed E-state index contributed by atoms with van der Waals surface area (Å²) in [6.07, 6.45) is -4.40. The number of piperidine rings is 1. The van der Waals surface area contributed by atoms with Crippen LogP contribution in [0.25, 0.3) is 0 Å². The molecule has 1 aliphatic rings. The Hall–Kier alpha value is -1.07. The van der Waals surface area contributed by atoms with Crippen LogP contribution in [0.2, 0.25) is 0 Å². The van der Waals surface area contributed by atoms with Gasteiger partial charge in [-0.2, -0.15) is 13.2 Å². The van der Waals surface area contributed by atoms with Crippen molar-refractivity contribution in [3.63, 3.8) is 0 Å². The lowest BCUT2D eigenvalue weighted by Gasteiger charge is -2.40. The van der Waals surface area contributed by atoms with E-state index in [2.05, 4.69) is 0 Å². The van der Waals surface area contributed by atoms with Crippen molar-refractivity contribution in [2.24, 2.45) is 0 Å². The van der Waals surface area contributed by atoms with Gasteiger partial charge in [0.05, 0.1) is 0 Å². The van der Waals surface area contributed by atoms with Gasteiger partial charge in [0.2, 0.25) is 0 Å². The maximum absolute atomic E-state index is 12.8. The van der Waals surface area contributed by atoms with E-state index in [-0.39, 0.29) is 13.0 Å². The fourth-order valence-electron chi connectivity index (χ4n) is 2.33. The molecule has 1 fully saturated rings. The van der Waals surface area contributed by atoms with Gasteiger partial charge in [-0.15, -0.1) is 0 Å². The van der Waals surface area contributed by atoms with Gasteiger partial charge < -0.3 is 5.11 Å². The molecule has 1 atom stereocenters. The zero-order valence-corrected chi connectivity index (χ0v) is 9.95. The van der Waals surface area contributed by atoms with Gasteiger partial charge in [-0.25, -0.2) is 0 Å². The third kappa shape index (κ3) is 2.84. The van der Waals surface area contributed by atoms with Crippen LogP contribution < -0.4 is 0 Å². The van der Waals surface area contributed by atoms with Crippen LogP contribution in [-0.2, 0) is 6.54 Å². The molecule has 0 amide bonds. The molecule has 18 heavy (non-hydrogen) atoms. The van der Waals surface area contributed by atoms with Crippen LogP contribution in [0.15, 0.2) is 30.3 Å². The summed E-state index contributed by atoms with van der Waals surface area (Å²) < 4.78 is 38.3. The Morgan fingerprint density at radius 3 is 2.50 bits per heavy atom. The molecule has 2 rings (SSSR count). The van der Waals surface area contributed by atoms with Crippen molar-refractivity contribution in [1.29, 1.82) is 0 Å². The van der Waals surface area contributed by atoms with E-state index in [1.54, 1.807) is 4.90 Å². The number of aliphatic hydroxyl groups is 1. The first-order chi connectivity index (χ1) is 8.41. The van der Waals surface area contributed by atoms with Crippen LogP contribution in [-0.4, -0.2) is 34.9 Å². The van der Waals surface area contributed by atoms with Crippen molar-refractivity contribution >= 4 is 0 Å². The third-order valence-corrected chi connectivity index (χ3v) is 3.33. The second-order valence-electron chi connectivity index (χ2n) is 4.83. The summed E-state index contributed by atoms with van der Waals surface area (Å²) in [6, 6.07) is 9.33. The molecule has 5 heteroatoms. The first-order valence-corrected chi connectivity index (χ1v) is 5.96. The number of benzene rings is 1. The average molecular weight is 259 g/mol. The van der Waals surface area contributed by atoms with E-state index in [0.29, 0.717) is 19.5 Å². The molecule has 0 radical (unpaired) electrons. The molecule has 0 saturated carbocycles. The summed E-state index contributed by atoms with van der Waals surface area (Å²) >= 11 is 0. The number of alkyl halides is 3. The van der Waals surface area contributed by atoms with Crippen molar-refractivity contribution in [2.45, 2.75) is 31.2 Å². The van der Waals surface area contributed by atoms with E-state index in [0.717, 1.165) is 5.56 Å². The van der Waals surface area contributed by atoms with Gasteiger partial charge in [-0.3, -0.25) is 4.90 Å². The summed E-state index contributed by atoms with van der Waals surface area (Å²) in [5.41, 5.74) is -1.59. The van der Waals surface area contributed by atoms with Crippen LogP contribution in [0.4, 0.5) is 13.2 Å². The van der Waals surface area contributed by atoms with Gasteiger partial charge in [-0.1, -0.05) is 30.3 Å². The Bertz CT molecular complexity index is 393. The van der Waals surface area contributed by atoms with Crippen LogP contribution in [0.3, 0.4) is 0 Å². The van der Waals surface area contributed by atoms with Gasteiger partial charge in [0.15, 0.2) is 5.60 Å². The van der Waals surface area contributed by atoms with E-state index in [9.17, 15) is 18.3 Å². The predicted octanol–water partition coefficient (Wildman–Crippen LogP) is 2.58. The lowest BCUT2D eigenvalue weighted by Crippen LogP contribution is -2.56. The Kier molecular flexibility index (Phi) is 3.64. The number of hydrogen-bond acceptors (Lipinski definition) is 2. The molecule has 0 bridgehead atoms. The molecular weight excluding hydrogens is 243 g/mol. The first-order valence-electron chi connectivity index (χ1n) is 5.96. The van der Waals surface area contributed by atoms with Gasteiger partial charge in [0, 0.05) is 13.1 Å². The van der Waals surface area contributed by atoms with Crippen LogP contribution in [0.5, 0.6) is 0 Å². The van der Waals surface area contributed by atoms with E-state index in [1.165, 1.54) is 0 Å². The Morgan fingerprint density at radius 2 is 1.89 bits per heavy atom. The van der Waals surface area contributed by atoms with Gasteiger partial charge in [-0.05, 0) is 24.9 Å². The number of nitrogens with zero attached hydrogens (tertiary/aromatic N) is 1. The Balaban J connectivity index is 2.04. The lowest BCUT2D eigenvalue weighted by molar-refractivity contribution is -0.274. The van der Waals surface area contributed by atoms with E-state index in [1.807, 2.05) is 30.3 Å². The molecule has 0 spiro atoms. The second-order valence-corrected chi connectivity index (χ2v) is 4.83. The standard InChI is InChI=1S/C13H16F3NO/c14-13(15,16)12(18)7-4-8-17(10-12)9-11-5-2-1-3-6-11/h1-3,5-6,18H,4,7-10H2/t12-/m1/s1. The van der Waals surface area contributed by atoms with Crippen molar-refractivity contribution < 1.29 is 18.3 Å². The molecule has 0 aromatic heterocycles. The maximum Gasteiger partial charge on any atom is 0.418 e. The molecular formula is C13H16F3NO. The quantitative estimate of drug-likeness (QED) is 0.882. The fourth-order valence-corrected chi connectivity index (χ4v) is 2.33. The minimum absolute atomic E-state index is 0.207. The number of hydrogen-bond donors (Lipinski definition) is 1. The number of likely N-dealkylation sites (tertiary alicyclic amines) is 1. The molecule has 0 unspecified atom stereocenters. The minimum Gasteiger partial charge on any atom is -0.379 e. The highest BCUT2D eigenvalue weighted by atomic mass is 19.4. The van der Waals surface area contributed by atoms with Gasteiger partial charge >= 0.3 is 6.18 Å². The van der Waals surface area contributed by atoms with E-state index in [4.69, 9.17) is 0 Å². The van der Waals surface area contributed by atoms with Crippen LogP contribution in [0, 0.1) is 0 Å². The lowest BCUT2D eigenvalue weighted by atomic mass is 9.92. The monoisotopic (exact) mass is 259 g/mol. The number of β-amino-alcohol motifs (C(OH)–C–C–N with tert-alkyl or cyclic N) is 1. The number of halogens is 3. The molecule has 1 N–H and O–H groups in total. The summed E-state index contributed by atoms with van der Waals surface area (Å²) in [5, 5.41) is 9.69. The summed E-state index contributed by atoms with van der Waals surface area (Å²) in [4.78, 5) is 1.66. The topological polar surface area (TPSA) is 23.5 Å². The normalized spacial score (nSPS) is 26.2. The second kappa shape index (κ2) is 4.90. The first kappa shape index (κ1) is 13.4. The molecule has 0 aliphatic carbocycles. The summed E-state index contributed by atoms with van der Waals surface area (Å²) in [7, 11) is 0. The zero-order valence-electron chi connectivity index (χ0n) is 9.95. The van der Waals surface area contributed by atoms with Crippen molar-refractivity contribution in [1.82, 2.24) is 4.90 Å². The zero-order chi connectivity index (χ0) is 13.2. The highest BCUT2D eigenvalue weighted by Crippen LogP contribution is 2.37. The van der Waals surface area contributed by atoms with Crippen molar-refractivity contribution in [2.75, 3.05) is 13.1 Å². The summed E-state index contributed by atoms with van der Waals surface area (Å²) in [6.45, 7) is 0.692. The Morgan fingerprint density at radius 1 is 1.22 bits per heavy atom. The predicted molar refractivity (Wildman–Crippen MR) is 62.0 cm³/mol. The van der Waals surface area contributed by atoms with Crippen molar-refractivity contribution in [3.05, 3.63) is 35.9 Å². The molecule has 1 saturated heterocycles. The Labute approximate surface area is 104 Å². The van der Waals surface area contributed by atoms with Crippen LogP contribution in [0.1, 0.15) is 18.4 Å². The molecule has 1 aliphatic heterocycles.